The van der Waals surface area contributed by atoms with Crippen molar-refractivity contribution in [2.45, 2.75) is 33.0 Å². The highest BCUT2D eigenvalue weighted by atomic mass is 16.5. The zero-order chi connectivity index (χ0) is 16.5. The standard InChI is InChI=1S/C18H29NO4/c1-4-21-17-5-7-18(8-6-17)22-12-11-20-10-9-19-13-15(2)23-16(3)14-19/h5-8,15-16H,4,9-14H2,1-3H3/p+1/t15-,16+. The van der Waals surface area contributed by atoms with Crippen LogP contribution in [-0.4, -0.2) is 58.3 Å². The molecular formula is C18H30NO4+. The van der Waals surface area contributed by atoms with E-state index in [1.165, 1.54) is 0 Å². The van der Waals surface area contributed by atoms with E-state index in [4.69, 9.17) is 18.9 Å². The fourth-order valence-corrected chi connectivity index (χ4v) is 2.93. The summed E-state index contributed by atoms with van der Waals surface area (Å²) >= 11 is 0. The molecule has 0 bridgehead atoms. The van der Waals surface area contributed by atoms with Crippen molar-refractivity contribution in [2.75, 3.05) is 46.1 Å². The van der Waals surface area contributed by atoms with Gasteiger partial charge in [-0.25, -0.2) is 0 Å². The van der Waals surface area contributed by atoms with Gasteiger partial charge in [-0.05, 0) is 45.0 Å². The number of hydrogen-bond donors (Lipinski definition) is 1. The van der Waals surface area contributed by atoms with Crippen molar-refractivity contribution in [2.24, 2.45) is 0 Å². The van der Waals surface area contributed by atoms with Gasteiger partial charge in [-0.15, -0.1) is 0 Å². The Morgan fingerprint density at radius 2 is 1.57 bits per heavy atom. The van der Waals surface area contributed by atoms with Crippen molar-refractivity contribution in [1.29, 1.82) is 0 Å². The Kier molecular flexibility index (Phi) is 7.65. The molecule has 2 rings (SSSR count). The number of rotatable bonds is 9. The summed E-state index contributed by atoms with van der Waals surface area (Å²) in [5.41, 5.74) is 0. The predicted molar refractivity (Wildman–Crippen MR) is 89.5 cm³/mol. The van der Waals surface area contributed by atoms with Gasteiger partial charge in [0.05, 0.1) is 19.8 Å². The first-order valence-electron chi connectivity index (χ1n) is 8.59. The molecule has 0 spiro atoms. The maximum absolute atomic E-state index is 5.74. The van der Waals surface area contributed by atoms with Gasteiger partial charge in [0.1, 0.15) is 49.9 Å². The molecular weight excluding hydrogens is 294 g/mol. The molecule has 23 heavy (non-hydrogen) atoms. The second-order valence-corrected chi connectivity index (χ2v) is 6.03. The lowest BCUT2D eigenvalue weighted by Crippen LogP contribution is -3.15. The third kappa shape index (κ3) is 6.77. The van der Waals surface area contributed by atoms with Crippen molar-refractivity contribution in [3.05, 3.63) is 24.3 Å². The normalized spacial score (nSPS) is 24.4. The van der Waals surface area contributed by atoms with Gasteiger partial charge in [0.2, 0.25) is 0 Å². The first-order chi connectivity index (χ1) is 11.2. The van der Waals surface area contributed by atoms with Gasteiger partial charge in [-0.3, -0.25) is 0 Å². The molecule has 0 radical (unpaired) electrons. The van der Waals surface area contributed by atoms with Crippen LogP contribution in [0.15, 0.2) is 24.3 Å². The number of hydrogen-bond acceptors (Lipinski definition) is 4. The molecule has 0 aliphatic carbocycles. The van der Waals surface area contributed by atoms with Gasteiger partial charge in [0.25, 0.3) is 0 Å². The molecule has 1 aliphatic rings. The Labute approximate surface area is 139 Å². The fourth-order valence-electron chi connectivity index (χ4n) is 2.93. The molecule has 1 heterocycles. The number of ether oxygens (including phenoxy) is 4. The quantitative estimate of drug-likeness (QED) is 0.693. The summed E-state index contributed by atoms with van der Waals surface area (Å²) in [6.07, 6.45) is 0.688. The summed E-state index contributed by atoms with van der Waals surface area (Å²) in [4.78, 5) is 1.56. The second-order valence-electron chi connectivity index (χ2n) is 6.03. The molecule has 5 heteroatoms. The molecule has 0 aromatic heterocycles. The van der Waals surface area contributed by atoms with Crippen LogP contribution in [0.3, 0.4) is 0 Å². The molecule has 1 saturated heterocycles. The molecule has 0 amide bonds. The lowest BCUT2D eigenvalue weighted by molar-refractivity contribution is -0.915. The highest BCUT2D eigenvalue weighted by Crippen LogP contribution is 2.17. The highest BCUT2D eigenvalue weighted by molar-refractivity contribution is 5.31. The van der Waals surface area contributed by atoms with Crippen molar-refractivity contribution in [3.8, 4) is 11.5 Å². The van der Waals surface area contributed by atoms with Gasteiger partial charge < -0.3 is 23.8 Å². The maximum atomic E-state index is 5.74. The van der Waals surface area contributed by atoms with E-state index in [0.29, 0.717) is 32.0 Å². The van der Waals surface area contributed by atoms with E-state index in [1.54, 1.807) is 4.90 Å². The minimum Gasteiger partial charge on any atom is -0.494 e. The van der Waals surface area contributed by atoms with E-state index in [2.05, 4.69) is 13.8 Å². The minimum atomic E-state index is 0.344. The summed E-state index contributed by atoms with van der Waals surface area (Å²) in [6.45, 7) is 12.0. The average Bonchev–Trinajstić information content (AvgIpc) is 2.51. The van der Waals surface area contributed by atoms with Gasteiger partial charge in [0.15, 0.2) is 0 Å². The summed E-state index contributed by atoms with van der Waals surface area (Å²) in [5.74, 6) is 1.71. The Bertz CT molecular complexity index is 427. The van der Waals surface area contributed by atoms with Crippen LogP contribution in [0, 0.1) is 0 Å². The Balaban J connectivity index is 1.53. The van der Waals surface area contributed by atoms with Crippen molar-refractivity contribution in [3.63, 3.8) is 0 Å². The van der Waals surface area contributed by atoms with Gasteiger partial charge in [0, 0.05) is 0 Å². The lowest BCUT2D eigenvalue weighted by atomic mass is 10.2. The Hall–Kier alpha value is -1.30. The first kappa shape index (κ1) is 18.0. The van der Waals surface area contributed by atoms with Crippen LogP contribution in [0.2, 0.25) is 0 Å². The molecule has 1 N–H and O–H groups in total. The smallest absolute Gasteiger partial charge is 0.119 e. The zero-order valence-electron chi connectivity index (χ0n) is 14.5. The number of morpholine rings is 1. The van der Waals surface area contributed by atoms with Crippen molar-refractivity contribution >= 4 is 0 Å². The molecule has 1 unspecified atom stereocenters. The lowest BCUT2D eigenvalue weighted by Gasteiger charge is -2.32. The predicted octanol–water partition coefficient (Wildman–Crippen LogP) is 1.17. The summed E-state index contributed by atoms with van der Waals surface area (Å²) < 4.78 is 22.5. The van der Waals surface area contributed by atoms with Crippen LogP contribution in [-0.2, 0) is 9.47 Å². The van der Waals surface area contributed by atoms with Crippen molar-refractivity contribution in [1.82, 2.24) is 0 Å². The van der Waals surface area contributed by atoms with E-state index in [9.17, 15) is 0 Å². The summed E-state index contributed by atoms with van der Waals surface area (Å²) in [7, 11) is 0. The largest absolute Gasteiger partial charge is 0.494 e. The minimum absolute atomic E-state index is 0.344. The topological polar surface area (TPSA) is 41.4 Å². The van der Waals surface area contributed by atoms with E-state index in [-0.39, 0.29) is 0 Å². The molecule has 1 aromatic carbocycles. The third-order valence-electron chi connectivity index (χ3n) is 3.85. The molecule has 130 valence electrons. The van der Waals surface area contributed by atoms with Gasteiger partial charge in [-0.2, -0.15) is 0 Å². The van der Waals surface area contributed by atoms with Crippen molar-refractivity contribution < 1.29 is 23.8 Å². The van der Waals surface area contributed by atoms with E-state index < -0.39 is 0 Å². The molecule has 1 fully saturated rings. The number of benzene rings is 1. The van der Waals surface area contributed by atoms with Crippen LogP contribution in [0.25, 0.3) is 0 Å². The molecule has 0 saturated carbocycles. The molecule has 1 aliphatic heterocycles. The SMILES string of the molecule is CCOc1ccc(OCCOCC[NH+]2C[C@@H](C)O[C@@H](C)C2)cc1. The van der Waals surface area contributed by atoms with Crippen LogP contribution < -0.4 is 14.4 Å². The van der Waals surface area contributed by atoms with Crippen LogP contribution >= 0.6 is 0 Å². The van der Waals surface area contributed by atoms with E-state index >= 15 is 0 Å². The zero-order valence-corrected chi connectivity index (χ0v) is 14.5. The molecule has 5 nitrogen and oxygen atoms in total. The first-order valence-corrected chi connectivity index (χ1v) is 8.59. The molecule has 3 atom stereocenters. The summed E-state index contributed by atoms with van der Waals surface area (Å²) in [5, 5.41) is 0. The van der Waals surface area contributed by atoms with Crippen LogP contribution in [0.4, 0.5) is 0 Å². The van der Waals surface area contributed by atoms with E-state index in [1.807, 2.05) is 31.2 Å². The highest BCUT2D eigenvalue weighted by Gasteiger charge is 2.24. The second kappa shape index (κ2) is 9.75. The van der Waals surface area contributed by atoms with Gasteiger partial charge in [-0.1, -0.05) is 0 Å². The van der Waals surface area contributed by atoms with E-state index in [0.717, 1.165) is 37.7 Å². The number of nitrogens with one attached hydrogen (secondary N) is 1. The maximum Gasteiger partial charge on any atom is 0.119 e. The Morgan fingerprint density at radius 1 is 0.957 bits per heavy atom. The van der Waals surface area contributed by atoms with Gasteiger partial charge >= 0.3 is 0 Å². The number of quaternary nitrogens is 1. The summed E-state index contributed by atoms with van der Waals surface area (Å²) in [6, 6.07) is 7.69. The Morgan fingerprint density at radius 3 is 2.17 bits per heavy atom. The van der Waals surface area contributed by atoms with Crippen LogP contribution in [0.1, 0.15) is 20.8 Å². The van der Waals surface area contributed by atoms with Crippen LogP contribution in [0.5, 0.6) is 11.5 Å². The fraction of sp³-hybridized carbons (Fsp3) is 0.667. The monoisotopic (exact) mass is 324 g/mol. The third-order valence-corrected chi connectivity index (χ3v) is 3.85. The average molecular weight is 324 g/mol. The molecule has 1 aromatic rings.